The number of halogens is 2. The molecule has 0 bridgehead atoms. The minimum absolute atomic E-state index is 0.177. The summed E-state index contributed by atoms with van der Waals surface area (Å²) in [5.41, 5.74) is 1.11. The molecule has 0 heterocycles. The zero-order chi connectivity index (χ0) is 12.0. The third-order valence-electron chi connectivity index (χ3n) is 2.43. The SMILES string of the molecule is C[C@@H](CNCC(F)(F)CO)c1ccccc1. The van der Waals surface area contributed by atoms with Crippen LogP contribution in [0.25, 0.3) is 0 Å². The van der Waals surface area contributed by atoms with Crippen molar-refractivity contribution in [3.8, 4) is 0 Å². The fourth-order valence-corrected chi connectivity index (χ4v) is 1.43. The van der Waals surface area contributed by atoms with Crippen molar-refractivity contribution >= 4 is 0 Å². The van der Waals surface area contributed by atoms with Gasteiger partial charge in [0.05, 0.1) is 6.54 Å². The van der Waals surface area contributed by atoms with Crippen LogP contribution in [0.4, 0.5) is 8.78 Å². The minimum atomic E-state index is -3.03. The molecule has 1 aromatic rings. The van der Waals surface area contributed by atoms with E-state index in [1.807, 2.05) is 37.3 Å². The van der Waals surface area contributed by atoms with E-state index in [0.29, 0.717) is 6.54 Å². The van der Waals surface area contributed by atoms with Crippen molar-refractivity contribution in [2.45, 2.75) is 18.8 Å². The van der Waals surface area contributed by atoms with Gasteiger partial charge in [0.1, 0.15) is 6.61 Å². The topological polar surface area (TPSA) is 32.3 Å². The fourth-order valence-electron chi connectivity index (χ4n) is 1.43. The summed E-state index contributed by atoms with van der Waals surface area (Å²) in [7, 11) is 0. The molecular weight excluding hydrogens is 212 g/mol. The summed E-state index contributed by atoms with van der Waals surface area (Å²) in [5.74, 6) is -2.85. The van der Waals surface area contributed by atoms with Crippen molar-refractivity contribution in [3.05, 3.63) is 35.9 Å². The van der Waals surface area contributed by atoms with Crippen LogP contribution in [-0.2, 0) is 0 Å². The standard InChI is InChI=1S/C12H17F2NO/c1-10(11-5-3-2-4-6-11)7-15-8-12(13,14)9-16/h2-6,10,15-16H,7-9H2,1H3/t10-/m0/s1. The van der Waals surface area contributed by atoms with Crippen LogP contribution in [0.2, 0.25) is 0 Å². The van der Waals surface area contributed by atoms with E-state index in [4.69, 9.17) is 5.11 Å². The molecule has 16 heavy (non-hydrogen) atoms. The average molecular weight is 229 g/mol. The van der Waals surface area contributed by atoms with Crippen LogP contribution in [0, 0.1) is 0 Å². The van der Waals surface area contributed by atoms with Gasteiger partial charge < -0.3 is 10.4 Å². The molecule has 1 atom stereocenters. The Bertz CT molecular complexity index is 303. The summed E-state index contributed by atoms with van der Waals surface area (Å²) in [6, 6.07) is 9.71. The fraction of sp³-hybridized carbons (Fsp3) is 0.500. The molecule has 1 aromatic carbocycles. The number of alkyl halides is 2. The highest BCUT2D eigenvalue weighted by Crippen LogP contribution is 2.14. The normalized spacial score (nSPS) is 13.8. The van der Waals surface area contributed by atoms with Crippen molar-refractivity contribution < 1.29 is 13.9 Å². The van der Waals surface area contributed by atoms with Gasteiger partial charge in [0, 0.05) is 6.54 Å². The van der Waals surface area contributed by atoms with Crippen LogP contribution in [0.1, 0.15) is 18.4 Å². The Morgan fingerprint density at radius 2 is 1.94 bits per heavy atom. The second-order valence-corrected chi connectivity index (χ2v) is 3.96. The predicted octanol–water partition coefficient (Wildman–Crippen LogP) is 2.01. The first-order valence-corrected chi connectivity index (χ1v) is 5.29. The molecule has 1 rings (SSSR count). The van der Waals surface area contributed by atoms with E-state index in [1.165, 1.54) is 0 Å². The van der Waals surface area contributed by atoms with E-state index in [1.54, 1.807) is 0 Å². The maximum absolute atomic E-state index is 12.7. The maximum Gasteiger partial charge on any atom is 0.282 e. The lowest BCUT2D eigenvalue weighted by Gasteiger charge is -2.17. The van der Waals surface area contributed by atoms with Gasteiger partial charge in [-0.3, -0.25) is 0 Å². The molecule has 0 radical (unpaired) electrons. The molecule has 0 fully saturated rings. The molecule has 0 amide bonds. The van der Waals surface area contributed by atoms with Gasteiger partial charge in [-0.05, 0) is 11.5 Å². The third-order valence-corrected chi connectivity index (χ3v) is 2.43. The van der Waals surface area contributed by atoms with Gasteiger partial charge in [-0.25, -0.2) is 8.78 Å². The number of benzene rings is 1. The van der Waals surface area contributed by atoms with Crippen molar-refractivity contribution in [3.63, 3.8) is 0 Å². The Kier molecular flexibility index (Phi) is 4.83. The van der Waals surface area contributed by atoms with Gasteiger partial charge in [-0.15, -0.1) is 0 Å². The number of nitrogens with one attached hydrogen (secondary N) is 1. The van der Waals surface area contributed by atoms with Gasteiger partial charge in [-0.1, -0.05) is 37.3 Å². The predicted molar refractivity (Wildman–Crippen MR) is 59.8 cm³/mol. The molecule has 0 saturated carbocycles. The van der Waals surface area contributed by atoms with Gasteiger partial charge in [0.2, 0.25) is 0 Å². The van der Waals surface area contributed by atoms with Crippen LogP contribution in [0.3, 0.4) is 0 Å². The minimum Gasteiger partial charge on any atom is -0.390 e. The smallest absolute Gasteiger partial charge is 0.282 e. The molecule has 0 aliphatic rings. The highest BCUT2D eigenvalue weighted by Gasteiger charge is 2.26. The average Bonchev–Trinajstić information content (AvgIpc) is 2.30. The highest BCUT2D eigenvalue weighted by atomic mass is 19.3. The van der Waals surface area contributed by atoms with Crippen LogP contribution in [0.15, 0.2) is 30.3 Å². The summed E-state index contributed by atoms with van der Waals surface area (Å²) in [5, 5.41) is 11.1. The van der Waals surface area contributed by atoms with E-state index in [0.717, 1.165) is 5.56 Å². The molecule has 0 unspecified atom stereocenters. The third kappa shape index (κ3) is 4.24. The van der Waals surface area contributed by atoms with E-state index in [-0.39, 0.29) is 5.92 Å². The number of hydrogen-bond acceptors (Lipinski definition) is 2. The maximum atomic E-state index is 12.7. The number of hydrogen-bond donors (Lipinski definition) is 2. The van der Waals surface area contributed by atoms with Crippen molar-refractivity contribution in [1.82, 2.24) is 5.32 Å². The lowest BCUT2D eigenvalue weighted by molar-refractivity contribution is -0.0475. The second-order valence-electron chi connectivity index (χ2n) is 3.96. The molecule has 0 aliphatic carbocycles. The first kappa shape index (κ1) is 13.1. The summed E-state index contributed by atoms with van der Waals surface area (Å²) < 4.78 is 25.4. The Balaban J connectivity index is 2.34. The Hall–Kier alpha value is -1.00. The molecule has 2 nitrogen and oxygen atoms in total. The number of rotatable bonds is 6. The van der Waals surface area contributed by atoms with E-state index in [2.05, 4.69) is 5.32 Å². The molecule has 2 N–H and O–H groups in total. The van der Waals surface area contributed by atoms with Gasteiger partial charge in [0.15, 0.2) is 0 Å². The van der Waals surface area contributed by atoms with E-state index < -0.39 is 19.1 Å². The monoisotopic (exact) mass is 229 g/mol. The van der Waals surface area contributed by atoms with Crippen LogP contribution < -0.4 is 5.32 Å². The van der Waals surface area contributed by atoms with Crippen molar-refractivity contribution in [2.24, 2.45) is 0 Å². The summed E-state index contributed by atoms with van der Waals surface area (Å²) >= 11 is 0. The van der Waals surface area contributed by atoms with Gasteiger partial charge in [0.25, 0.3) is 5.92 Å². The Labute approximate surface area is 94.3 Å². The summed E-state index contributed by atoms with van der Waals surface area (Å²) in [6.07, 6.45) is 0. The summed E-state index contributed by atoms with van der Waals surface area (Å²) in [4.78, 5) is 0. The van der Waals surface area contributed by atoms with Crippen LogP contribution in [0.5, 0.6) is 0 Å². The molecule has 0 aromatic heterocycles. The number of aliphatic hydroxyl groups excluding tert-OH is 1. The lowest BCUT2D eigenvalue weighted by atomic mass is 10.0. The second kappa shape index (κ2) is 5.92. The quantitative estimate of drug-likeness (QED) is 0.782. The largest absolute Gasteiger partial charge is 0.390 e. The zero-order valence-corrected chi connectivity index (χ0v) is 9.29. The van der Waals surface area contributed by atoms with E-state index in [9.17, 15) is 8.78 Å². The molecule has 4 heteroatoms. The first-order chi connectivity index (χ1) is 7.55. The first-order valence-electron chi connectivity index (χ1n) is 5.29. The van der Waals surface area contributed by atoms with Crippen LogP contribution >= 0.6 is 0 Å². The van der Waals surface area contributed by atoms with Gasteiger partial charge in [-0.2, -0.15) is 0 Å². The Morgan fingerprint density at radius 1 is 1.31 bits per heavy atom. The van der Waals surface area contributed by atoms with Gasteiger partial charge >= 0.3 is 0 Å². The lowest BCUT2D eigenvalue weighted by Crippen LogP contribution is -2.37. The van der Waals surface area contributed by atoms with Crippen LogP contribution in [-0.4, -0.2) is 30.7 Å². The highest BCUT2D eigenvalue weighted by molar-refractivity contribution is 5.18. The molecule has 0 spiro atoms. The number of aliphatic hydroxyl groups is 1. The molecular formula is C12H17F2NO. The van der Waals surface area contributed by atoms with Crippen molar-refractivity contribution in [1.29, 1.82) is 0 Å². The summed E-state index contributed by atoms with van der Waals surface area (Å²) in [6.45, 7) is 0.847. The Morgan fingerprint density at radius 3 is 2.50 bits per heavy atom. The zero-order valence-electron chi connectivity index (χ0n) is 9.29. The molecule has 0 saturated heterocycles. The van der Waals surface area contributed by atoms with Crippen molar-refractivity contribution in [2.75, 3.05) is 19.7 Å². The van der Waals surface area contributed by atoms with E-state index >= 15 is 0 Å². The molecule has 90 valence electrons. The molecule has 0 aliphatic heterocycles.